The molecule has 5 nitrogen and oxygen atoms in total. The fourth-order valence-electron chi connectivity index (χ4n) is 3.88. The summed E-state index contributed by atoms with van der Waals surface area (Å²) in [6.07, 6.45) is 5.72. The predicted molar refractivity (Wildman–Crippen MR) is 109 cm³/mol. The Morgan fingerprint density at radius 2 is 1.86 bits per heavy atom. The molecule has 0 spiro atoms. The standard InChI is InChI=1S/C23H26N2O3/c1-15-21(16(2)28-25-15)14-27-22-13-18-9-7-6-8-17(18)12-20(22)23(26)24-19-10-4-3-5-11-19/h6-9,12-13,19H,3-5,10-11,14H2,1-2H3,(H,24,26). The lowest BCUT2D eigenvalue weighted by Crippen LogP contribution is -2.36. The minimum atomic E-state index is -0.0635. The molecular formula is C23H26N2O3. The lowest BCUT2D eigenvalue weighted by molar-refractivity contribution is 0.0923. The van der Waals surface area contributed by atoms with E-state index in [1.165, 1.54) is 19.3 Å². The van der Waals surface area contributed by atoms with Crippen molar-refractivity contribution in [2.45, 2.75) is 58.6 Å². The van der Waals surface area contributed by atoms with Crippen LogP contribution in [0, 0.1) is 13.8 Å². The second-order valence-corrected chi connectivity index (χ2v) is 7.60. The maximum Gasteiger partial charge on any atom is 0.255 e. The Bertz CT molecular complexity index is 967. The third kappa shape index (κ3) is 3.88. The van der Waals surface area contributed by atoms with E-state index >= 15 is 0 Å². The fourth-order valence-corrected chi connectivity index (χ4v) is 3.88. The van der Waals surface area contributed by atoms with Crippen LogP contribution in [0.25, 0.3) is 10.8 Å². The molecule has 0 unspecified atom stereocenters. The molecular weight excluding hydrogens is 352 g/mol. The molecule has 1 amide bonds. The summed E-state index contributed by atoms with van der Waals surface area (Å²) in [4.78, 5) is 13.1. The Labute approximate surface area is 165 Å². The fraction of sp³-hybridized carbons (Fsp3) is 0.391. The number of hydrogen-bond donors (Lipinski definition) is 1. The average molecular weight is 378 g/mol. The first-order valence-corrected chi connectivity index (χ1v) is 10.00. The summed E-state index contributed by atoms with van der Waals surface area (Å²) in [6.45, 7) is 4.09. The molecule has 4 rings (SSSR count). The molecule has 0 bridgehead atoms. The Hall–Kier alpha value is -2.82. The van der Waals surface area contributed by atoms with Crippen LogP contribution in [0.3, 0.4) is 0 Å². The van der Waals surface area contributed by atoms with Crippen LogP contribution in [-0.2, 0) is 6.61 Å². The summed E-state index contributed by atoms with van der Waals surface area (Å²) < 4.78 is 11.3. The number of ether oxygens (including phenoxy) is 1. The molecule has 5 heteroatoms. The van der Waals surface area contributed by atoms with Gasteiger partial charge in [0.1, 0.15) is 18.1 Å². The molecule has 0 saturated heterocycles. The zero-order chi connectivity index (χ0) is 19.5. The number of amides is 1. The van der Waals surface area contributed by atoms with Crippen molar-refractivity contribution in [2.24, 2.45) is 0 Å². The largest absolute Gasteiger partial charge is 0.488 e. The number of hydrogen-bond acceptors (Lipinski definition) is 4. The third-order valence-electron chi connectivity index (χ3n) is 5.59. The third-order valence-corrected chi connectivity index (χ3v) is 5.59. The molecule has 3 aromatic rings. The number of nitrogens with zero attached hydrogens (tertiary/aromatic N) is 1. The Kier molecular flexibility index (Phi) is 5.33. The first kappa shape index (κ1) is 18.5. The molecule has 2 aromatic carbocycles. The molecule has 1 heterocycles. The zero-order valence-corrected chi connectivity index (χ0v) is 16.5. The van der Waals surface area contributed by atoms with E-state index in [0.717, 1.165) is 40.6 Å². The van der Waals surface area contributed by atoms with Crippen LogP contribution in [0.2, 0.25) is 0 Å². The van der Waals surface area contributed by atoms with Crippen molar-refractivity contribution in [3.63, 3.8) is 0 Å². The Morgan fingerprint density at radius 1 is 1.14 bits per heavy atom. The predicted octanol–water partition coefficient (Wildman–Crippen LogP) is 5.09. The van der Waals surface area contributed by atoms with Crippen molar-refractivity contribution < 1.29 is 14.1 Å². The minimum absolute atomic E-state index is 0.0635. The Balaban J connectivity index is 1.63. The number of rotatable bonds is 5. The summed E-state index contributed by atoms with van der Waals surface area (Å²) in [5, 5.41) is 9.26. The summed E-state index contributed by atoms with van der Waals surface area (Å²) in [6, 6.07) is 12.1. The molecule has 1 aliphatic rings. The quantitative estimate of drug-likeness (QED) is 0.672. The van der Waals surface area contributed by atoms with Gasteiger partial charge in [-0.15, -0.1) is 0 Å². The highest BCUT2D eigenvalue weighted by atomic mass is 16.5. The Morgan fingerprint density at radius 3 is 2.54 bits per heavy atom. The van der Waals surface area contributed by atoms with E-state index in [4.69, 9.17) is 9.26 Å². The first-order chi connectivity index (χ1) is 13.6. The lowest BCUT2D eigenvalue weighted by Gasteiger charge is -2.23. The summed E-state index contributed by atoms with van der Waals surface area (Å²) in [7, 11) is 0. The van der Waals surface area contributed by atoms with E-state index in [-0.39, 0.29) is 11.9 Å². The van der Waals surface area contributed by atoms with Crippen molar-refractivity contribution in [2.75, 3.05) is 0 Å². The summed E-state index contributed by atoms with van der Waals surface area (Å²) >= 11 is 0. The van der Waals surface area contributed by atoms with Crippen molar-refractivity contribution in [3.8, 4) is 5.75 Å². The van der Waals surface area contributed by atoms with Crippen LogP contribution in [-0.4, -0.2) is 17.1 Å². The molecule has 28 heavy (non-hydrogen) atoms. The van der Waals surface area contributed by atoms with E-state index in [0.29, 0.717) is 17.9 Å². The number of aryl methyl sites for hydroxylation is 2. The molecule has 1 fully saturated rings. The molecule has 1 saturated carbocycles. The number of benzene rings is 2. The highest BCUT2D eigenvalue weighted by Crippen LogP contribution is 2.28. The first-order valence-electron chi connectivity index (χ1n) is 10.00. The van der Waals surface area contributed by atoms with E-state index < -0.39 is 0 Å². The van der Waals surface area contributed by atoms with Gasteiger partial charge in [0.15, 0.2) is 0 Å². The number of fused-ring (bicyclic) bond motifs is 1. The van der Waals surface area contributed by atoms with Crippen LogP contribution in [0.15, 0.2) is 40.9 Å². The molecule has 146 valence electrons. The average Bonchev–Trinajstić information content (AvgIpc) is 3.04. The second kappa shape index (κ2) is 8.05. The highest BCUT2D eigenvalue weighted by Gasteiger charge is 2.20. The number of aromatic nitrogens is 1. The van der Waals surface area contributed by atoms with Gasteiger partial charge in [-0.25, -0.2) is 0 Å². The van der Waals surface area contributed by atoms with Crippen LogP contribution in [0.5, 0.6) is 5.75 Å². The maximum absolute atomic E-state index is 13.1. The monoisotopic (exact) mass is 378 g/mol. The van der Waals surface area contributed by atoms with Gasteiger partial charge in [-0.3, -0.25) is 4.79 Å². The topological polar surface area (TPSA) is 64.4 Å². The highest BCUT2D eigenvalue weighted by molar-refractivity contribution is 6.01. The van der Waals surface area contributed by atoms with Crippen LogP contribution >= 0.6 is 0 Å². The molecule has 1 aliphatic carbocycles. The zero-order valence-electron chi connectivity index (χ0n) is 16.5. The number of carbonyl (C=O) groups excluding carboxylic acids is 1. The SMILES string of the molecule is Cc1noc(C)c1COc1cc2ccccc2cc1C(=O)NC1CCCCC1. The maximum atomic E-state index is 13.1. The van der Waals surface area contributed by atoms with E-state index in [2.05, 4.69) is 10.5 Å². The van der Waals surface area contributed by atoms with E-state index in [9.17, 15) is 4.79 Å². The number of nitrogens with one attached hydrogen (secondary N) is 1. The molecule has 0 atom stereocenters. The van der Waals surface area contributed by atoms with Crippen molar-refractivity contribution >= 4 is 16.7 Å². The summed E-state index contributed by atoms with van der Waals surface area (Å²) in [5.74, 6) is 1.27. The van der Waals surface area contributed by atoms with Crippen LogP contribution in [0.4, 0.5) is 0 Å². The van der Waals surface area contributed by atoms with Gasteiger partial charge in [0, 0.05) is 6.04 Å². The summed E-state index contributed by atoms with van der Waals surface area (Å²) in [5.41, 5.74) is 2.31. The molecule has 0 aliphatic heterocycles. The lowest BCUT2D eigenvalue weighted by atomic mass is 9.95. The number of carbonyl (C=O) groups is 1. The van der Waals surface area contributed by atoms with E-state index in [1.807, 2.05) is 50.2 Å². The van der Waals surface area contributed by atoms with Crippen LogP contribution < -0.4 is 10.1 Å². The van der Waals surface area contributed by atoms with Gasteiger partial charge in [-0.2, -0.15) is 0 Å². The smallest absolute Gasteiger partial charge is 0.255 e. The van der Waals surface area contributed by atoms with Crippen molar-refractivity contribution in [3.05, 3.63) is 59.0 Å². The van der Waals surface area contributed by atoms with Gasteiger partial charge >= 0.3 is 0 Å². The minimum Gasteiger partial charge on any atom is -0.488 e. The van der Waals surface area contributed by atoms with Gasteiger partial charge < -0.3 is 14.6 Å². The second-order valence-electron chi connectivity index (χ2n) is 7.60. The van der Waals surface area contributed by atoms with Crippen molar-refractivity contribution in [1.82, 2.24) is 10.5 Å². The normalized spacial score (nSPS) is 14.9. The van der Waals surface area contributed by atoms with Crippen LogP contribution in [0.1, 0.15) is 59.5 Å². The molecule has 0 radical (unpaired) electrons. The van der Waals surface area contributed by atoms with Gasteiger partial charge in [0.25, 0.3) is 5.91 Å². The van der Waals surface area contributed by atoms with E-state index in [1.54, 1.807) is 0 Å². The van der Waals surface area contributed by atoms with Gasteiger partial charge in [-0.1, -0.05) is 48.7 Å². The molecule has 1 N–H and O–H groups in total. The van der Waals surface area contributed by atoms with Crippen molar-refractivity contribution in [1.29, 1.82) is 0 Å². The van der Waals surface area contributed by atoms with Gasteiger partial charge in [0.05, 0.1) is 16.8 Å². The molecule has 1 aromatic heterocycles. The van der Waals surface area contributed by atoms with Gasteiger partial charge in [0.2, 0.25) is 0 Å². The van der Waals surface area contributed by atoms with Gasteiger partial charge in [-0.05, 0) is 49.6 Å².